The summed E-state index contributed by atoms with van der Waals surface area (Å²) >= 11 is 7.15. The fourth-order valence-corrected chi connectivity index (χ4v) is 3.51. The summed E-state index contributed by atoms with van der Waals surface area (Å²) < 4.78 is 18.8. The number of carbonyl (C=O) groups excluding carboxylic acids is 1. The summed E-state index contributed by atoms with van der Waals surface area (Å²) in [5.41, 5.74) is 1.51. The second-order valence-corrected chi connectivity index (χ2v) is 7.42. The predicted molar refractivity (Wildman–Crippen MR) is 105 cm³/mol. The van der Waals surface area contributed by atoms with Crippen LogP contribution in [0, 0.1) is 12.7 Å². The van der Waals surface area contributed by atoms with Gasteiger partial charge in [0.1, 0.15) is 28.1 Å². The minimum Gasteiger partial charge on any atom is -0.486 e. The van der Waals surface area contributed by atoms with E-state index in [1.807, 2.05) is 6.07 Å². The Labute approximate surface area is 166 Å². The summed E-state index contributed by atoms with van der Waals surface area (Å²) in [6.07, 6.45) is 0.563. The zero-order chi connectivity index (χ0) is 19.2. The van der Waals surface area contributed by atoms with Crippen LogP contribution in [0.1, 0.15) is 25.9 Å². The molecule has 7 heteroatoms. The maximum absolute atomic E-state index is 13.2. The lowest BCUT2D eigenvalue weighted by atomic mass is 10.1. The lowest BCUT2D eigenvalue weighted by Gasteiger charge is -2.04. The predicted octanol–water partition coefficient (Wildman–Crippen LogP) is 4.80. The van der Waals surface area contributed by atoms with E-state index in [2.05, 4.69) is 10.3 Å². The van der Waals surface area contributed by atoms with Gasteiger partial charge in [0.25, 0.3) is 5.91 Å². The van der Waals surface area contributed by atoms with Crippen molar-refractivity contribution in [2.24, 2.45) is 0 Å². The van der Waals surface area contributed by atoms with Gasteiger partial charge in [0, 0.05) is 11.6 Å². The van der Waals surface area contributed by atoms with E-state index in [1.54, 1.807) is 37.3 Å². The molecule has 0 aliphatic carbocycles. The standard InChI is InChI=1S/C20H18ClFN2O2S/c1-13-19(20(25)23-10-9-14-3-2-4-16(22)11-14)27-18(24-13)12-26-17-7-5-15(21)6-8-17/h2-8,11H,9-10,12H2,1H3,(H,23,25). The molecule has 0 radical (unpaired) electrons. The van der Waals surface area contributed by atoms with Crippen LogP contribution in [0.2, 0.25) is 5.02 Å². The molecule has 140 valence electrons. The molecule has 0 saturated carbocycles. The molecule has 3 aromatic rings. The SMILES string of the molecule is Cc1nc(COc2ccc(Cl)cc2)sc1C(=O)NCCc1cccc(F)c1. The summed E-state index contributed by atoms with van der Waals surface area (Å²) in [5.74, 6) is 0.231. The summed E-state index contributed by atoms with van der Waals surface area (Å²) in [6.45, 7) is 2.50. The van der Waals surface area contributed by atoms with Crippen molar-refractivity contribution in [2.45, 2.75) is 20.0 Å². The molecular weight excluding hydrogens is 387 g/mol. The van der Waals surface area contributed by atoms with Crippen LogP contribution in [0.15, 0.2) is 48.5 Å². The van der Waals surface area contributed by atoms with Gasteiger partial charge in [-0.15, -0.1) is 11.3 Å². The van der Waals surface area contributed by atoms with Gasteiger partial charge in [0.15, 0.2) is 0 Å². The van der Waals surface area contributed by atoms with Gasteiger partial charge < -0.3 is 10.1 Å². The molecule has 1 N–H and O–H groups in total. The van der Waals surface area contributed by atoms with Crippen LogP contribution in [0.3, 0.4) is 0 Å². The van der Waals surface area contributed by atoms with Crippen molar-refractivity contribution in [3.05, 3.63) is 80.5 Å². The number of halogens is 2. The smallest absolute Gasteiger partial charge is 0.263 e. The number of benzene rings is 2. The van der Waals surface area contributed by atoms with Crippen LogP contribution in [0.25, 0.3) is 0 Å². The Morgan fingerprint density at radius 3 is 2.78 bits per heavy atom. The maximum Gasteiger partial charge on any atom is 0.263 e. The number of amides is 1. The highest BCUT2D eigenvalue weighted by Gasteiger charge is 2.15. The number of nitrogens with zero attached hydrogens (tertiary/aromatic N) is 1. The normalized spacial score (nSPS) is 10.6. The third kappa shape index (κ3) is 5.52. The van der Waals surface area contributed by atoms with Gasteiger partial charge in [-0.2, -0.15) is 0 Å². The summed E-state index contributed by atoms with van der Waals surface area (Å²) in [7, 11) is 0. The summed E-state index contributed by atoms with van der Waals surface area (Å²) in [6, 6.07) is 13.4. The zero-order valence-electron chi connectivity index (χ0n) is 14.7. The number of nitrogens with one attached hydrogen (secondary N) is 1. The third-order valence-electron chi connectivity index (χ3n) is 3.81. The first kappa shape index (κ1) is 19.3. The van der Waals surface area contributed by atoms with E-state index < -0.39 is 0 Å². The Hall–Kier alpha value is -2.44. The van der Waals surface area contributed by atoms with E-state index in [9.17, 15) is 9.18 Å². The number of aromatic nitrogens is 1. The van der Waals surface area contributed by atoms with E-state index in [0.29, 0.717) is 34.3 Å². The Balaban J connectivity index is 1.53. The molecule has 0 aliphatic rings. The van der Waals surface area contributed by atoms with Gasteiger partial charge in [-0.1, -0.05) is 23.7 Å². The fraction of sp³-hybridized carbons (Fsp3) is 0.200. The molecule has 3 rings (SSSR count). The van der Waals surface area contributed by atoms with E-state index in [-0.39, 0.29) is 18.3 Å². The Morgan fingerprint density at radius 2 is 2.04 bits per heavy atom. The van der Waals surface area contributed by atoms with Gasteiger partial charge >= 0.3 is 0 Å². The molecule has 0 spiro atoms. The lowest BCUT2D eigenvalue weighted by molar-refractivity contribution is 0.0957. The highest BCUT2D eigenvalue weighted by atomic mass is 35.5. The summed E-state index contributed by atoms with van der Waals surface area (Å²) in [5, 5.41) is 4.22. The van der Waals surface area contributed by atoms with Gasteiger partial charge in [0.2, 0.25) is 0 Å². The molecule has 0 bridgehead atoms. The molecule has 0 fully saturated rings. The van der Waals surface area contributed by atoms with Crippen molar-refractivity contribution >= 4 is 28.8 Å². The highest BCUT2D eigenvalue weighted by molar-refractivity contribution is 7.13. The number of rotatable bonds is 7. The van der Waals surface area contributed by atoms with Gasteiger partial charge in [-0.05, 0) is 55.3 Å². The second kappa shape index (κ2) is 8.97. The van der Waals surface area contributed by atoms with E-state index in [0.717, 1.165) is 10.6 Å². The largest absolute Gasteiger partial charge is 0.486 e. The molecule has 1 heterocycles. The Morgan fingerprint density at radius 1 is 1.26 bits per heavy atom. The van der Waals surface area contributed by atoms with Crippen LogP contribution in [0.5, 0.6) is 5.75 Å². The van der Waals surface area contributed by atoms with Crippen LogP contribution < -0.4 is 10.1 Å². The third-order valence-corrected chi connectivity index (χ3v) is 5.19. The van der Waals surface area contributed by atoms with E-state index >= 15 is 0 Å². The molecule has 1 amide bonds. The van der Waals surface area contributed by atoms with Crippen molar-refractivity contribution < 1.29 is 13.9 Å². The molecule has 4 nitrogen and oxygen atoms in total. The van der Waals surface area contributed by atoms with Crippen LogP contribution in [-0.2, 0) is 13.0 Å². The molecule has 0 atom stereocenters. The lowest BCUT2D eigenvalue weighted by Crippen LogP contribution is -2.25. The molecule has 1 aromatic heterocycles. The Kier molecular flexibility index (Phi) is 6.42. The zero-order valence-corrected chi connectivity index (χ0v) is 16.2. The minimum atomic E-state index is -0.276. The van der Waals surface area contributed by atoms with Crippen LogP contribution >= 0.6 is 22.9 Å². The van der Waals surface area contributed by atoms with Crippen molar-refractivity contribution in [1.29, 1.82) is 0 Å². The maximum atomic E-state index is 13.2. The molecule has 0 aliphatic heterocycles. The van der Waals surface area contributed by atoms with Gasteiger partial charge in [-0.25, -0.2) is 9.37 Å². The first-order chi connectivity index (χ1) is 13.0. The highest BCUT2D eigenvalue weighted by Crippen LogP contribution is 2.21. The number of carbonyl (C=O) groups is 1. The molecular formula is C20H18ClFN2O2S. The number of ether oxygens (including phenoxy) is 1. The van der Waals surface area contributed by atoms with Crippen molar-refractivity contribution in [3.8, 4) is 5.75 Å². The minimum absolute atomic E-state index is 0.181. The average Bonchev–Trinajstić information content (AvgIpc) is 3.02. The quantitative estimate of drug-likeness (QED) is 0.615. The topological polar surface area (TPSA) is 51.2 Å². The number of thiazole rings is 1. The second-order valence-electron chi connectivity index (χ2n) is 5.90. The first-order valence-corrected chi connectivity index (χ1v) is 9.58. The number of hydrogen-bond acceptors (Lipinski definition) is 4. The van der Waals surface area contributed by atoms with Crippen molar-refractivity contribution in [1.82, 2.24) is 10.3 Å². The van der Waals surface area contributed by atoms with E-state index in [4.69, 9.17) is 16.3 Å². The van der Waals surface area contributed by atoms with Crippen LogP contribution in [0.4, 0.5) is 4.39 Å². The number of hydrogen-bond donors (Lipinski definition) is 1. The van der Waals surface area contributed by atoms with Gasteiger partial charge in [0.05, 0.1) is 5.69 Å². The molecule has 0 saturated heterocycles. The molecule has 2 aromatic carbocycles. The monoisotopic (exact) mass is 404 g/mol. The molecule has 27 heavy (non-hydrogen) atoms. The number of aryl methyl sites for hydroxylation is 1. The fourth-order valence-electron chi connectivity index (χ4n) is 2.49. The van der Waals surface area contributed by atoms with E-state index in [1.165, 1.54) is 23.5 Å². The Bertz CT molecular complexity index is 928. The first-order valence-electron chi connectivity index (χ1n) is 8.38. The van der Waals surface area contributed by atoms with Crippen molar-refractivity contribution in [3.63, 3.8) is 0 Å². The van der Waals surface area contributed by atoms with Crippen LogP contribution in [-0.4, -0.2) is 17.4 Å². The van der Waals surface area contributed by atoms with Crippen molar-refractivity contribution in [2.75, 3.05) is 6.54 Å². The average molecular weight is 405 g/mol. The summed E-state index contributed by atoms with van der Waals surface area (Å²) in [4.78, 5) is 17.3. The molecule has 0 unspecified atom stereocenters. The van der Waals surface area contributed by atoms with Gasteiger partial charge in [-0.3, -0.25) is 4.79 Å².